The number of aromatic nitrogens is 2. The van der Waals surface area contributed by atoms with Gasteiger partial charge in [0.05, 0.1) is 0 Å². The topological polar surface area (TPSA) is 66.0 Å². The molecule has 2 rings (SSSR count). The maximum Gasteiger partial charge on any atom is 0.356 e. The van der Waals surface area contributed by atoms with E-state index in [2.05, 4.69) is 10.2 Å². The molecule has 0 aliphatic rings. The molecule has 0 aromatic carbocycles. The first-order valence-corrected chi connectivity index (χ1v) is 5.73. The molecule has 0 saturated heterocycles. The van der Waals surface area contributed by atoms with Gasteiger partial charge in [-0.1, -0.05) is 6.07 Å². The first-order chi connectivity index (χ1) is 7.51. The van der Waals surface area contributed by atoms with Crippen molar-refractivity contribution in [3.63, 3.8) is 0 Å². The van der Waals surface area contributed by atoms with Gasteiger partial charge in [0, 0.05) is 16.0 Å². The van der Waals surface area contributed by atoms with E-state index < -0.39 is 5.97 Å². The molecule has 2 aromatic rings. The Bertz CT molecular complexity index is 500. The summed E-state index contributed by atoms with van der Waals surface area (Å²) in [5.41, 5.74) is 0.626. The summed E-state index contributed by atoms with van der Waals surface area (Å²) in [4.78, 5) is 11.9. The SMILES string of the molecule is CC(C)(c1cc(C(=O)O)n[nH]1)c1cccs1. The van der Waals surface area contributed by atoms with Gasteiger partial charge in [0.2, 0.25) is 0 Å². The predicted octanol–water partition coefficient (Wildman–Crippen LogP) is 2.50. The van der Waals surface area contributed by atoms with Gasteiger partial charge in [0.25, 0.3) is 0 Å². The Hall–Kier alpha value is -1.62. The van der Waals surface area contributed by atoms with Gasteiger partial charge in [-0.2, -0.15) is 5.10 Å². The lowest BCUT2D eigenvalue weighted by atomic mass is 9.87. The quantitative estimate of drug-likeness (QED) is 0.860. The van der Waals surface area contributed by atoms with Crippen molar-refractivity contribution < 1.29 is 9.90 Å². The van der Waals surface area contributed by atoms with Crippen LogP contribution in [-0.4, -0.2) is 21.3 Å². The molecule has 2 aromatic heterocycles. The van der Waals surface area contributed by atoms with Gasteiger partial charge in [-0.15, -0.1) is 11.3 Å². The number of carboxylic acids is 1. The highest BCUT2D eigenvalue weighted by atomic mass is 32.1. The minimum Gasteiger partial charge on any atom is -0.476 e. The Morgan fingerprint density at radius 3 is 2.81 bits per heavy atom. The number of aromatic carboxylic acids is 1. The summed E-state index contributed by atoms with van der Waals surface area (Å²) in [5.74, 6) is -1.01. The minimum atomic E-state index is -1.01. The van der Waals surface area contributed by atoms with Crippen molar-refractivity contribution in [3.05, 3.63) is 39.8 Å². The summed E-state index contributed by atoms with van der Waals surface area (Å²) in [7, 11) is 0. The molecule has 0 saturated carbocycles. The van der Waals surface area contributed by atoms with E-state index in [0.717, 1.165) is 5.69 Å². The third kappa shape index (κ3) is 1.74. The van der Waals surface area contributed by atoms with Crippen LogP contribution in [0.3, 0.4) is 0 Å². The maximum absolute atomic E-state index is 10.7. The van der Waals surface area contributed by atoms with E-state index in [9.17, 15) is 4.79 Å². The van der Waals surface area contributed by atoms with Crippen LogP contribution < -0.4 is 0 Å². The Morgan fingerprint density at radius 1 is 1.56 bits per heavy atom. The van der Waals surface area contributed by atoms with Gasteiger partial charge in [-0.3, -0.25) is 5.10 Å². The number of carboxylic acid groups (broad SMARTS) is 1. The fourth-order valence-corrected chi connectivity index (χ4v) is 2.38. The number of H-pyrrole nitrogens is 1. The van der Waals surface area contributed by atoms with Crippen molar-refractivity contribution in [2.45, 2.75) is 19.3 Å². The monoisotopic (exact) mass is 236 g/mol. The van der Waals surface area contributed by atoms with Crippen LogP contribution in [0.25, 0.3) is 0 Å². The number of hydrogen-bond donors (Lipinski definition) is 2. The van der Waals surface area contributed by atoms with E-state index in [-0.39, 0.29) is 11.1 Å². The molecule has 0 bridgehead atoms. The van der Waals surface area contributed by atoms with Gasteiger partial charge in [-0.25, -0.2) is 4.79 Å². The van der Waals surface area contributed by atoms with Crippen molar-refractivity contribution in [2.75, 3.05) is 0 Å². The average Bonchev–Trinajstić information content (AvgIpc) is 2.90. The van der Waals surface area contributed by atoms with Crippen LogP contribution in [0, 0.1) is 0 Å². The molecule has 0 atom stereocenters. The molecular weight excluding hydrogens is 224 g/mol. The second kappa shape index (κ2) is 3.75. The van der Waals surface area contributed by atoms with E-state index in [4.69, 9.17) is 5.11 Å². The molecule has 0 amide bonds. The van der Waals surface area contributed by atoms with Crippen LogP contribution in [0.4, 0.5) is 0 Å². The van der Waals surface area contributed by atoms with Crippen molar-refractivity contribution in [1.29, 1.82) is 0 Å². The van der Waals surface area contributed by atoms with Crippen LogP contribution in [0.1, 0.15) is 34.9 Å². The zero-order valence-electron chi connectivity index (χ0n) is 9.02. The Balaban J connectivity index is 2.39. The van der Waals surface area contributed by atoms with Crippen LogP contribution in [0.2, 0.25) is 0 Å². The number of rotatable bonds is 3. The highest BCUT2D eigenvalue weighted by molar-refractivity contribution is 7.10. The summed E-state index contributed by atoms with van der Waals surface area (Å²) in [6.07, 6.45) is 0. The van der Waals surface area contributed by atoms with E-state index in [1.165, 1.54) is 4.88 Å². The largest absolute Gasteiger partial charge is 0.476 e. The zero-order valence-corrected chi connectivity index (χ0v) is 9.84. The smallest absolute Gasteiger partial charge is 0.356 e. The minimum absolute atomic E-state index is 0.0552. The lowest BCUT2D eigenvalue weighted by molar-refractivity contribution is 0.0690. The van der Waals surface area contributed by atoms with Gasteiger partial charge >= 0.3 is 5.97 Å². The molecule has 0 fully saturated rings. The third-order valence-corrected chi connectivity index (χ3v) is 3.80. The van der Waals surface area contributed by atoms with Crippen LogP contribution in [-0.2, 0) is 5.41 Å². The highest BCUT2D eigenvalue weighted by Crippen LogP contribution is 2.33. The number of carbonyl (C=O) groups is 1. The first kappa shape index (κ1) is 10.9. The van der Waals surface area contributed by atoms with Gasteiger partial charge in [-0.05, 0) is 31.4 Å². The molecule has 0 unspecified atom stereocenters. The van der Waals surface area contributed by atoms with E-state index in [1.54, 1.807) is 17.4 Å². The third-order valence-electron chi connectivity index (χ3n) is 2.61. The summed E-state index contributed by atoms with van der Waals surface area (Å²) in [5, 5.41) is 17.4. The van der Waals surface area contributed by atoms with Gasteiger partial charge in [0.15, 0.2) is 5.69 Å². The number of nitrogens with one attached hydrogen (secondary N) is 1. The summed E-state index contributed by atoms with van der Waals surface area (Å²) >= 11 is 1.65. The van der Waals surface area contributed by atoms with Crippen molar-refractivity contribution in [1.82, 2.24) is 10.2 Å². The van der Waals surface area contributed by atoms with E-state index in [1.807, 2.05) is 31.4 Å². The first-order valence-electron chi connectivity index (χ1n) is 4.85. The predicted molar refractivity (Wildman–Crippen MR) is 62.0 cm³/mol. The van der Waals surface area contributed by atoms with Gasteiger partial charge < -0.3 is 5.11 Å². The molecule has 84 valence electrons. The Kier molecular flexibility index (Phi) is 2.55. The van der Waals surface area contributed by atoms with Crippen molar-refractivity contribution >= 4 is 17.3 Å². The molecule has 2 N–H and O–H groups in total. The molecule has 2 heterocycles. The molecule has 5 heteroatoms. The average molecular weight is 236 g/mol. The summed E-state index contributed by atoms with van der Waals surface area (Å²) in [6.45, 7) is 4.08. The number of hydrogen-bond acceptors (Lipinski definition) is 3. The normalized spacial score (nSPS) is 11.6. The van der Waals surface area contributed by atoms with Crippen molar-refractivity contribution in [2.24, 2.45) is 0 Å². The number of thiophene rings is 1. The fourth-order valence-electron chi connectivity index (χ4n) is 1.52. The summed E-state index contributed by atoms with van der Waals surface area (Å²) < 4.78 is 0. The number of nitrogens with zero attached hydrogens (tertiary/aromatic N) is 1. The fraction of sp³-hybridized carbons (Fsp3) is 0.273. The highest BCUT2D eigenvalue weighted by Gasteiger charge is 2.27. The van der Waals surface area contributed by atoms with Crippen LogP contribution in [0.5, 0.6) is 0 Å². The Morgan fingerprint density at radius 2 is 2.31 bits per heavy atom. The zero-order chi connectivity index (χ0) is 11.8. The van der Waals surface area contributed by atoms with Crippen molar-refractivity contribution in [3.8, 4) is 0 Å². The van der Waals surface area contributed by atoms with Crippen LogP contribution >= 0.6 is 11.3 Å². The second-order valence-electron chi connectivity index (χ2n) is 4.07. The lowest BCUT2D eigenvalue weighted by Crippen LogP contribution is -2.17. The molecule has 0 spiro atoms. The molecule has 0 radical (unpaired) electrons. The molecule has 4 nitrogen and oxygen atoms in total. The molecule has 16 heavy (non-hydrogen) atoms. The van der Waals surface area contributed by atoms with E-state index >= 15 is 0 Å². The standard InChI is InChI=1S/C11H12N2O2S/c1-11(2,9-4-3-5-16-9)8-6-7(10(14)15)12-13-8/h3-6H,1-2H3,(H,12,13)(H,14,15). The van der Waals surface area contributed by atoms with Crippen LogP contribution in [0.15, 0.2) is 23.6 Å². The van der Waals surface area contributed by atoms with Gasteiger partial charge in [0.1, 0.15) is 0 Å². The Labute approximate surface area is 96.9 Å². The van der Waals surface area contributed by atoms with E-state index in [0.29, 0.717) is 0 Å². The molecule has 0 aliphatic carbocycles. The summed E-state index contributed by atoms with van der Waals surface area (Å²) in [6, 6.07) is 5.60. The maximum atomic E-state index is 10.7. The second-order valence-corrected chi connectivity index (χ2v) is 5.02. The lowest BCUT2D eigenvalue weighted by Gasteiger charge is -2.20. The number of aromatic amines is 1. The molecule has 0 aliphatic heterocycles. The molecular formula is C11H12N2O2S.